The third-order valence-corrected chi connectivity index (χ3v) is 12.7. The number of hydrogen-bond acceptors (Lipinski definition) is 7. The molecule has 10 nitrogen and oxygen atoms in total. The Bertz CT molecular complexity index is 1850. The minimum atomic E-state index is -3.41. The molecule has 1 aromatic heterocycles. The zero-order valence-corrected chi connectivity index (χ0v) is 29.5. The Labute approximate surface area is 293 Å². The molecule has 7 rings (SSSR count). The molecule has 4 aliphatic rings. The average Bonchev–Trinajstić information content (AvgIpc) is 3.55. The summed E-state index contributed by atoms with van der Waals surface area (Å²) in [5.41, 5.74) is 3.44. The maximum Gasteiger partial charge on any atom is 0.286 e. The van der Waals surface area contributed by atoms with E-state index in [0.29, 0.717) is 49.1 Å². The van der Waals surface area contributed by atoms with Crippen molar-refractivity contribution in [1.29, 1.82) is 0 Å². The summed E-state index contributed by atoms with van der Waals surface area (Å²) in [6, 6.07) is 13.4. The standard InChI is InChI=1S/C37H44ClN5O5S/c1-47-33-8-3-2-4-20-49(46,40-35(44)15-19-43-18-6-17-39-43)41-36(45)27-10-14-34-32(22-27)42(23-28-9-12-30(28)33)24-37(25-48-34)16-5-7-26-21-29(38)11-13-31(26)37/h3,6,8,10-11,13-14,17-18,21-22,28,30,33H,2,4-5,7,9,12,15-16,19-20,23-25H2,1H3,(H,40,41,44,45,46)/b8-3-/t28-,30+,33-,37-,49?/m0/s1. The van der Waals surface area contributed by atoms with Gasteiger partial charge in [0, 0.05) is 61.6 Å². The molecule has 2 aliphatic heterocycles. The lowest BCUT2D eigenvalue weighted by Gasteiger charge is -2.46. The second kappa shape index (κ2) is 14.3. The van der Waals surface area contributed by atoms with Gasteiger partial charge in [-0.1, -0.05) is 29.8 Å². The van der Waals surface area contributed by atoms with Crippen LogP contribution in [0.2, 0.25) is 5.02 Å². The number of hydrogen-bond donors (Lipinski definition) is 1. The van der Waals surface area contributed by atoms with E-state index in [-0.39, 0.29) is 23.7 Å². The Balaban J connectivity index is 1.25. The molecule has 1 N–H and O–H groups in total. The number of nitrogens with zero attached hydrogens (tertiary/aromatic N) is 4. The summed E-state index contributed by atoms with van der Waals surface area (Å²) in [6.07, 6.45) is 13.9. The molecule has 3 heterocycles. The van der Waals surface area contributed by atoms with Gasteiger partial charge < -0.3 is 14.4 Å². The highest BCUT2D eigenvalue weighted by molar-refractivity contribution is 7.92. The van der Waals surface area contributed by atoms with Crippen molar-refractivity contribution in [2.75, 3.05) is 37.5 Å². The van der Waals surface area contributed by atoms with Crippen LogP contribution in [0, 0.1) is 11.8 Å². The van der Waals surface area contributed by atoms with Crippen LogP contribution in [0.15, 0.2) is 71.4 Å². The number of methoxy groups -OCH3 is 1. The number of carbonyl (C=O) groups excluding carboxylic acids is 2. The monoisotopic (exact) mass is 705 g/mol. The average molecular weight is 706 g/mol. The number of halogens is 1. The van der Waals surface area contributed by atoms with Gasteiger partial charge in [0.05, 0.1) is 24.2 Å². The number of carbonyl (C=O) groups is 2. The van der Waals surface area contributed by atoms with Crippen molar-refractivity contribution >= 4 is 39.0 Å². The van der Waals surface area contributed by atoms with Gasteiger partial charge in [-0.25, -0.2) is 4.21 Å². The SMILES string of the molecule is CO[C@H]1/C=C\CCCS(=O)(NC(=O)CCn2cccn2)=NC(=O)c2ccc3c(c2)N(C[C@@H]2CC[C@H]21)C[C@@]1(CCCc2cc(Cl)ccc21)CO3. The molecule has 2 bridgehead atoms. The number of fused-ring (bicyclic) bond motifs is 4. The second-order valence-corrected chi connectivity index (χ2v) is 16.4. The molecule has 0 radical (unpaired) electrons. The summed E-state index contributed by atoms with van der Waals surface area (Å²) in [6.45, 7) is 2.35. The fraction of sp³-hybridized carbons (Fsp3) is 0.486. The number of allylic oxidation sites excluding steroid dienone is 1. The summed E-state index contributed by atoms with van der Waals surface area (Å²) >= 11 is 6.44. The van der Waals surface area contributed by atoms with E-state index < -0.39 is 21.7 Å². The first-order valence-corrected chi connectivity index (χ1v) is 19.4. The van der Waals surface area contributed by atoms with Gasteiger partial charge >= 0.3 is 0 Å². The third kappa shape index (κ3) is 7.30. The summed E-state index contributed by atoms with van der Waals surface area (Å²) in [5.74, 6) is 0.444. The predicted molar refractivity (Wildman–Crippen MR) is 190 cm³/mol. The largest absolute Gasteiger partial charge is 0.490 e. The molecule has 2 aliphatic carbocycles. The Kier molecular flexibility index (Phi) is 9.86. The number of nitrogens with one attached hydrogen (secondary N) is 1. The normalized spacial score (nSPS) is 29.0. The van der Waals surface area contributed by atoms with Gasteiger partial charge in [0.1, 0.15) is 15.7 Å². The van der Waals surface area contributed by atoms with Gasteiger partial charge in [-0.2, -0.15) is 5.10 Å². The minimum Gasteiger partial charge on any atom is -0.490 e. The molecule has 0 saturated heterocycles. The van der Waals surface area contributed by atoms with Crippen molar-refractivity contribution in [1.82, 2.24) is 14.5 Å². The van der Waals surface area contributed by atoms with Gasteiger partial charge in [0.25, 0.3) is 5.91 Å². The summed E-state index contributed by atoms with van der Waals surface area (Å²) in [7, 11) is -1.65. The molecule has 2 aromatic carbocycles. The van der Waals surface area contributed by atoms with Gasteiger partial charge in [-0.05, 0) is 104 Å². The fourth-order valence-corrected chi connectivity index (χ4v) is 9.81. The van der Waals surface area contributed by atoms with Crippen molar-refractivity contribution in [2.45, 2.75) is 69.4 Å². The second-order valence-electron chi connectivity index (χ2n) is 13.8. The quantitative estimate of drug-likeness (QED) is 0.318. The smallest absolute Gasteiger partial charge is 0.286 e. The number of aromatic nitrogens is 2. The Morgan fingerprint density at radius 2 is 2.10 bits per heavy atom. The van der Waals surface area contributed by atoms with Crippen LogP contribution < -0.4 is 14.4 Å². The van der Waals surface area contributed by atoms with Gasteiger partial charge in [0.2, 0.25) is 5.91 Å². The first-order chi connectivity index (χ1) is 23.7. The lowest BCUT2D eigenvalue weighted by Crippen LogP contribution is -2.49. The Morgan fingerprint density at radius 3 is 2.90 bits per heavy atom. The van der Waals surface area contributed by atoms with E-state index in [0.717, 1.165) is 55.9 Å². The van der Waals surface area contributed by atoms with Crippen molar-refractivity contribution in [3.63, 3.8) is 0 Å². The van der Waals surface area contributed by atoms with E-state index in [1.54, 1.807) is 36.3 Å². The van der Waals surface area contributed by atoms with E-state index in [1.807, 2.05) is 18.2 Å². The zero-order chi connectivity index (χ0) is 34.0. The van der Waals surface area contributed by atoms with Gasteiger partial charge in [-0.3, -0.25) is 19.0 Å². The summed E-state index contributed by atoms with van der Waals surface area (Å²) in [4.78, 5) is 29.2. The molecule has 2 amide bonds. The number of aryl methyl sites for hydroxylation is 2. The van der Waals surface area contributed by atoms with E-state index in [1.165, 1.54) is 11.1 Å². The van der Waals surface area contributed by atoms with Crippen LogP contribution in [0.25, 0.3) is 0 Å². The Hall–Kier alpha value is -3.67. The lowest BCUT2D eigenvalue weighted by molar-refractivity contribution is -0.119. The summed E-state index contributed by atoms with van der Waals surface area (Å²) in [5, 5.41) is 4.87. The highest BCUT2D eigenvalue weighted by Crippen LogP contribution is 2.47. The molecular formula is C37H44ClN5O5S. The molecule has 1 saturated carbocycles. The van der Waals surface area contributed by atoms with Crippen LogP contribution in [-0.4, -0.2) is 64.5 Å². The highest BCUT2D eigenvalue weighted by Gasteiger charge is 2.44. The van der Waals surface area contributed by atoms with Crippen LogP contribution >= 0.6 is 11.6 Å². The third-order valence-electron chi connectivity index (χ3n) is 10.7. The number of amides is 2. The number of rotatable bonds is 5. The first kappa shape index (κ1) is 33.8. The fourth-order valence-electron chi connectivity index (χ4n) is 7.99. The highest BCUT2D eigenvalue weighted by atomic mass is 35.5. The molecule has 1 fully saturated rings. The minimum absolute atomic E-state index is 0.0372. The molecule has 12 heteroatoms. The number of ether oxygens (including phenoxy) is 2. The lowest BCUT2D eigenvalue weighted by atomic mass is 9.68. The number of anilines is 1. The van der Waals surface area contributed by atoms with E-state index in [9.17, 15) is 13.8 Å². The predicted octanol–water partition coefficient (Wildman–Crippen LogP) is 6.13. The maximum absolute atomic E-state index is 14.2. The van der Waals surface area contributed by atoms with Gasteiger partial charge in [0.15, 0.2) is 0 Å². The van der Waals surface area contributed by atoms with Crippen LogP contribution in [0.3, 0.4) is 0 Å². The Morgan fingerprint density at radius 1 is 1.20 bits per heavy atom. The zero-order valence-electron chi connectivity index (χ0n) is 27.9. The molecule has 5 atom stereocenters. The molecule has 3 aromatic rings. The van der Waals surface area contributed by atoms with Crippen molar-refractivity contribution in [2.24, 2.45) is 16.2 Å². The van der Waals surface area contributed by atoms with E-state index in [2.05, 4.69) is 43.4 Å². The maximum atomic E-state index is 14.2. The van der Waals surface area contributed by atoms with Crippen LogP contribution in [0.5, 0.6) is 5.75 Å². The molecule has 260 valence electrons. The number of benzene rings is 2. The molecule has 49 heavy (non-hydrogen) atoms. The van der Waals surface area contributed by atoms with Crippen LogP contribution in [0.1, 0.15) is 66.4 Å². The van der Waals surface area contributed by atoms with Crippen molar-refractivity contribution in [3.8, 4) is 5.75 Å². The van der Waals surface area contributed by atoms with Crippen LogP contribution in [-0.2, 0) is 37.8 Å². The first-order valence-electron chi connectivity index (χ1n) is 17.3. The van der Waals surface area contributed by atoms with Crippen molar-refractivity contribution in [3.05, 3.63) is 88.7 Å². The molecule has 1 unspecified atom stereocenters. The summed E-state index contributed by atoms with van der Waals surface area (Å²) < 4.78 is 35.3. The van der Waals surface area contributed by atoms with E-state index in [4.69, 9.17) is 21.1 Å². The van der Waals surface area contributed by atoms with E-state index >= 15 is 0 Å². The van der Waals surface area contributed by atoms with Gasteiger partial charge in [-0.15, -0.1) is 4.36 Å². The van der Waals surface area contributed by atoms with Crippen molar-refractivity contribution < 1.29 is 23.3 Å². The molecular weight excluding hydrogens is 662 g/mol. The van der Waals surface area contributed by atoms with Crippen LogP contribution in [0.4, 0.5) is 5.69 Å². The topological polar surface area (TPSA) is 115 Å². The molecule has 1 spiro atoms.